The molecule has 40 heavy (non-hydrogen) atoms. The number of halogens is 3. The number of aryl methyl sites for hydroxylation is 2. The molecule has 3 heterocycles. The molecule has 0 radical (unpaired) electrons. The molecule has 8 nitrogen and oxygen atoms in total. The fourth-order valence-electron chi connectivity index (χ4n) is 5.44. The number of carbonyl (C=O) groups is 2. The highest BCUT2D eigenvalue weighted by Gasteiger charge is 2.45. The molecule has 2 amide bonds. The highest BCUT2D eigenvalue weighted by molar-refractivity contribution is 6.33. The van der Waals surface area contributed by atoms with E-state index in [1.807, 2.05) is 39.0 Å². The molecule has 2 aliphatic rings. The number of nitrogens with zero attached hydrogens (tertiary/aromatic N) is 6. The van der Waals surface area contributed by atoms with Crippen LogP contribution < -0.4 is 9.80 Å². The van der Waals surface area contributed by atoms with Gasteiger partial charge in [-0.15, -0.1) is 0 Å². The summed E-state index contributed by atoms with van der Waals surface area (Å²) in [6, 6.07) is 7.42. The van der Waals surface area contributed by atoms with Gasteiger partial charge in [-0.1, -0.05) is 50.2 Å². The van der Waals surface area contributed by atoms with Crippen LogP contribution in [-0.4, -0.2) is 84.7 Å². The highest BCUT2D eigenvalue weighted by atomic mass is 35.5. The minimum atomic E-state index is -2.83. The van der Waals surface area contributed by atoms with Crippen LogP contribution in [0.5, 0.6) is 0 Å². The van der Waals surface area contributed by atoms with Gasteiger partial charge in [0.1, 0.15) is 11.7 Å². The largest absolute Gasteiger partial charge is 0.350 e. The van der Waals surface area contributed by atoms with Crippen molar-refractivity contribution < 1.29 is 18.4 Å². The van der Waals surface area contributed by atoms with Crippen molar-refractivity contribution >= 4 is 47.1 Å². The van der Waals surface area contributed by atoms with Crippen molar-refractivity contribution in [2.45, 2.75) is 45.6 Å². The van der Waals surface area contributed by atoms with Gasteiger partial charge in [-0.25, -0.2) is 13.8 Å². The van der Waals surface area contributed by atoms with Crippen molar-refractivity contribution in [1.82, 2.24) is 14.8 Å². The number of benzene rings is 1. The zero-order valence-corrected chi connectivity index (χ0v) is 24.1. The van der Waals surface area contributed by atoms with Gasteiger partial charge in [-0.05, 0) is 43.0 Å². The van der Waals surface area contributed by atoms with E-state index in [9.17, 15) is 18.4 Å². The Bertz CT molecular complexity index is 1300. The number of hydrogen-bond acceptors (Lipinski definition) is 5. The fourth-order valence-corrected chi connectivity index (χ4v) is 5.71. The van der Waals surface area contributed by atoms with Crippen LogP contribution in [-0.2, 0) is 22.4 Å². The number of anilines is 3. The second-order valence-electron chi connectivity index (χ2n) is 10.1. The molecule has 11 heteroatoms. The van der Waals surface area contributed by atoms with E-state index >= 15 is 0 Å². The number of aromatic nitrogens is 1. The number of piperazine rings is 1. The van der Waals surface area contributed by atoms with Crippen LogP contribution >= 0.6 is 11.6 Å². The monoisotopic (exact) mass is 572 g/mol. The Hall–Kier alpha value is -3.53. The topological polar surface area (TPSA) is 72.4 Å². The minimum absolute atomic E-state index is 0.115. The van der Waals surface area contributed by atoms with Crippen LogP contribution in [0.1, 0.15) is 37.5 Å². The molecule has 0 spiro atoms. The summed E-state index contributed by atoms with van der Waals surface area (Å²) >= 11 is 6.68. The molecular weight excluding hydrogens is 538 g/mol. The van der Waals surface area contributed by atoms with Gasteiger partial charge in [-0.2, -0.15) is 0 Å². The molecule has 214 valence electrons. The van der Waals surface area contributed by atoms with E-state index in [2.05, 4.69) is 16.5 Å². The number of para-hydroxylation sites is 1. The highest BCUT2D eigenvalue weighted by Crippen LogP contribution is 2.40. The molecule has 1 aromatic heterocycles. The number of amides is 2. The summed E-state index contributed by atoms with van der Waals surface area (Å²) in [6.45, 7) is 9.98. The van der Waals surface area contributed by atoms with Crippen molar-refractivity contribution in [1.29, 1.82) is 0 Å². The lowest BCUT2D eigenvalue weighted by atomic mass is 10.0. The molecule has 0 N–H and O–H groups in total. The summed E-state index contributed by atoms with van der Waals surface area (Å²) < 4.78 is 27.6. The number of alkyl halides is 2. The van der Waals surface area contributed by atoms with Crippen LogP contribution in [0.25, 0.3) is 0 Å². The predicted octanol–water partition coefficient (Wildman–Crippen LogP) is 4.70. The number of rotatable bonds is 8. The predicted molar refractivity (Wildman–Crippen MR) is 155 cm³/mol. The zero-order chi connectivity index (χ0) is 29.2. The molecule has 1 atom stereocenters. The Morgan fingerprint density at radius 1 is 1.25 bits per heavy atom. The van der Waals surface area contributed by atoms with Gasteiger partial charge in [-0.3, -0.25) is 19.5 Å². The van der Waals surface area contributed by atoms with E-state index in [1.54, 1.807) is 18.0 Å². The van der Waals surface area contributed by atoms with Crippen molar-refractivity contribution in [3.63, 3.8) is 0 Å². The van der Waals surface area contributed by atoms with Gasteiger partial charge < -0.3 is 14.7 Å². The third-order valence-corrected chi connectivity index (χ3v) is 7.74. The quantitative estimate of drug-likeness (QED) is 0.198. The Labute approximate surface area is 238 Å². The van der Waals surface area contributed by atoms with Gasteiger partial charge in [0.05, 0.1) is 29.4 Å². The van der Waals surface area contributed by atoms with Crippen LogP contribution in [0, 0.1) is 0 Å². The lowest BCUT2D eigenvalue weighted by molar-refractivity contribution is -0.128. The first-order valence-corrected chi connectivity index (χ1v) is 13.8. The van der Waals surface area contributed by atoms with Crippen LogP contribution in [0.2, 0.25) is 5.02 Å². The molecule has 1 unspecified atom stereocenters. The second kappa shape index (κ2) is 11.9. The molecule has 0 aliphatic carbocycles. The van der Waals surface area contributed by atoms with Gasteiger partial charge in [0, 0.05) is 32.7 Å². The van der Waals surface area contributed by atoms with Gasteiger partial charge in [0.2, 0.25) is 12.3 Å². The molecular formula is C29H35ClF2N6O2. The van der Waals surface area contributed by atoms with Crippen LogP contribution in [0.4, 0.5) is 26.1 Å². The van der Waals surface area contributed by atoms with E-state index in [0.29, 0.717) is 56.0 Å². The van der Waals surface area contributed by atoms with E-state index in [-0.39, 0.29) is 28.6 Å². The molecule has 2 aromatic rings. The number of hydrogen-bond donors (Lipinski definition) is 0. The molecule has 2 aliphatic heterocycles. The first-order valence-electron chi connectivity index (χ1n) is 13.4. The van der Waals surface area contributed by atoms with Gasteiger partial charge in [0.25, 0.3) is 5.92 Å². The normalized spacial score (nSPS) is 18.8. The molecule has 4 rings (SSSR count). The summed E-state index contributed by atoms with van der Waals surface area (Å²) in [6.07, 6.45) is 3.36. The summed E-state index contributed by atoms with van der Waals surface area (Å²) in [5.41, 5.74) is 3.11. The summed E-state index contributed by atoms with van der Waals surface area (Å²) in [5.74, 6) is -1.97. The van der Waals surface area contributed by atoms with E-state index in [1.165, 1.54) is 15.9 Å². The van der Waals surface area contributed by atoms with Gasteiger partial charge in [0.15, 0.2) is 5.82 Å². The zero-order valence-electron chi connectivity index (χ0n) is 23.3. The molecule has 0 saturated carbocycles. The molecule has 2 fully saturated rings. The molecule has 1 aromatic carbocycles. The Kier molecular flexibility index (Phi) is 8.77. The number of pyridine rings is 1. The first kappa shape index (κ1) is 29.5. The van der Waals surface area contributed by atoms with E-state index in [4.69, 9.17) is 16.6 Å². The third-order valence-electron chi connectivity index (χ3n) is 7.46. The number of carbonyl (C=O) groups excluding carboxylic acids is 2. The SMILES string of the molecule is C=CC(=O)N1CCN(C(=NC)c2cc(Cl)c(N3CC(F)(F)C3)nc2N(C=O)c2c(CC)cccc2CC)C(C)C1. The maximum Gasteiger partial charge on any atom is 0.282 e. The maximum absolute atomic E-state index is 13.8. The van der Waals surface area contributed by atoms with Gasteiger partial charge >= 0.3 is 0 Å². The second-order valence-corrected chi connectivity index (χ2v) is 10.5. The average molecular weight is 573 g/mol. The molecule has 0 bridgehead atoms. The Balaban J connectivity index is 1.87. The maximum atomic E-state index is 13.8. The number of amidine groups is 1. The van der Waals surface area contributed by atoms with Crippen molar-refractivity contribution in [2.75, 3.05) is 49.6 Å². The summed E-state index contributed by atoms with van der Waals surface area (Å²) in [4.78, 5) is 41.1. The van der Waals surface area contributed by atoms with E-state index < -0.39 is 19.0 Å². The lowest BCUT2D eigenvalue weighted by Gasteiger charge is -2.42. The Morgan fingerprint density at radius 3 is 2.40 bits per heavy atom. The van der Waals surface area contributed by atoms with Crippen LogP contribution in [0.15, 0.2) is 41.9 Å². The van der Waals surface area contributed by atoms with Crippen LogP contribution in [0.3, 0.4) is 0 Å². The number of aliphatic imine (C=N–C) groups is 1. The average Bonchev–Trinajstić information content (AvgIpc) is 2.93. The standard InChI is InChI=1S/C29H35ClF2N6O2/c1-6-20-10-9-11-21(7-2)25(20)38(18-39)27-22(14-23(30)28(34-27)36-16-29(31,32)17-36)26(33-5)37-13-12-35(15-19(37)4)24(40)8-3/h8-11,14,18-19H,3,6-7,12-13,15-17H2,1-2,4-5H3. The third kappa shape index (κ3) is 5.54. The molecule has 2 saturated heterocycles. The van der Waals surface area contributed by atoms with Crippen molar-refractivity contribution in [2.24, 2.45) is 4.99 Å². The lowest BCUT2D eigenvalue weighted by Crippen LogP contribution is -2.57. The minimum Gasteiger partial charge on any atom is -0.350 e. The Morgan fingerprint density at radius 2 is 1.90 bits per heavy atom. The fraction of sp³-hybridized carbons (Fsp3) is 0.448. The van der Waals surface area contributed by atoms with E-state index in [0.717, 1.165) is 11.1 Å². The summed E-state index contributed by atoms with van der Waals surface area (Å²) in [5, 5.41) is 0.189. The van der Waals surface area contributed by atoms with Crippen molar-refractivity contribution in [3.8, 4) is 0 Å². The first-order chi connectivity index (χ1) is 19.1. The summed E-state index contributed by atoms with van der Waals surface area (Å²) in [7, 11) is 1.65. The smallest absolute Gasteiger partial charge is 0.282 e. The van der Waals surface area contributed by atoms with Crippen molar-refractivity contribution in [3.05, 3.63) is 58.6 Å².